The molecule has 14 nitrogen and oxygen atoms in total. The Hall–Kier alpha value is -6.04. The number of carbonyl (C=O) groups excluding carboxylic acids is 4. The first-order chi connectivity index (χ1) is 24.6. The van der Waals surface area contributed by atoms with Crippen molar-refractivity contribution in [3.8, 4) is 0 Å². The van der Waals surface area contributed by atoms with Crippen molar-refractivity contribution < 1.29 is 40.8 Å². The molecule has 0 saturated carbocycles. The molecule has 3 aromatic carbocycles. The molecule has 2 aliphatic heterocycles. The molecule has 0 spiro atoms. The van der Waals surface area contributed by atoms with E-state index in [1.165, 1.54) is 13.1 Å². The van der Waals surface area contributed by atoms with Gasteiger partial charge in [-0.05, 0) is 66.1 Å². The SMILES string of the molecule is CN(c1cccc(CNc2nc(Nc3ccc(NCc4ccc5c(c4)C(=O)N(C4CCC(=O)NC4=O)C5=O)cc3)ncc2C(F)(F)F)c1)S(C)(=O)=O. The maximum absolute atomic E-state index is 13.8. The first kappa shape index (κ1) is 35.8. The van der Waals surface area contributed by atoms with Gasteiger partial charge in [0.15, 0.2) is 0 Å². The monoisotopic (exact) mass is 736 g/mol. The average molecular weight is 737 g/mol. The van der Waals surface area contributed by atoms with Crippen molar-refractivity contribution in [1.29, 1.82) is 0 Å². The van der Waals surface area contributed by atoms with Crippen LogP contribution in [0.15, 0.2) is 72.9 Å². The van der Waals surface area contributed by atoms with E-state index in [-0.39, 0.29) is 43.0 Å². The fraction of sp³-hybridized carbons (Fsp3) is 0.235. The highest BCUT2D eigenvalue weighted by Crippen LogP contribution is 2.35. The molecule has 1 aromatic heterocycles. The Morgan fingerprint density at radius 1 is 0.904 bits per heavy atom. The number of nitrogens with zero attached hydrogens (tertiary/aromatic N) is 4. The van der Waals surface area contributed by atoms with Crippen LogP contribution in [0.5, 0.6) is 0 Å². The first-order valence-corrected chi connectivity index (χ1v) is 17.6. The Morgan fingerprint density at radius 3 is 2.27 bits per heavy atom. The van der Waals surface area contributed by atoms with Crippen LogP contribution in [0.3, 0.4) is 0 Å². The lowest BCUT2D eigenvalue weighted by atomic mass is 10.0. The number of carbonyl (C=O) groups is 4. The van der Waals surface area contributed by atoms with Crippen molar-refractivity contribution in [2.75, 3.05) is 33.6 Å². The van der Waals surface area contributed by atoms with E-state index in [9.17, 15) is 40.8 Å². The minimum Gasteiger partial charge on any atom is -0.381 e. The number of hydrogen-bond donors (Lipinski definition) is 4. The standard InChI is InChI=1S/C34H31F3N8O6S/c1-44(52(2,50)51)23-5-3-4-19(14-23)17-39-29-26(34(35,36)37)18-40-33(43-29)41-22-9-7-21(8-10-22)38-16-20-6-11-24-25(15-20)32(49)45(31(24)48)27-12-13-28(46)42-30(27)47/h3-11,14-15,18,27,38H,12-13,16-17H2,1-2H3,(H,42,46,47)(H2,39,40,41,43). The largest absolute Gasteiger partial charge is 0.421 e. The van der Waals surface area contributed by atoms with Gasteiger partial charge < -0.3 is 16.0 Å². The van der Waals surface area contributed by atoms with Gasteiger partial charge in [0.1, 0.15) is 17.4 Å². The van der Waals surface area contributed by atoms with Gasteiger partial charge in [0.25, 0.3) is 11.8 Å². The molecule has 1 saturated heterocycles. The van der Waals surface area contributed by atoms with Gasteiger partial charge in [0.05, 0.1) is 23.1 Å². The van der Waals surface area contributed by atoms with Gasteiger partial charge in [-0.1, -0.05) is 18.2 Å². The Kier molecular flexibility index (Phi) is 9.59. The van der Waals surface area contributed by atoms with E-state index in [2.05, 4.69) is 31.2 Å². The summed E-state index contributed by atoms with van der Waals surface area (Å²) in [5.41, 5.74) is 1.94. The molecule has 0 radical (unpaired) electrons. The molecule has 18 heteroatoms. The van der Waals surface area contributed by atoms with Crippen LogP contribution in [0.2, 0.25) is 0 Å². The van der Waals surface area contributed by atoms with Crippen LogP contribution in [0.4, 0.5) is 42.0 Å². The van der Waals surface area contributed by atoms with Crippen LogP contribution in [0, 0.1) is 0 Å². The van der Waals surface area contributed by atoms with Crippen molar-refractivity contribution in [2.45, 2.75) is 38.1 Å². The van der Waals surface area contributed by atoms with Crippen LogP contribution < -0.4 is 25.6 Å². The van der Waals surface area contributed by atoms with Gasteiger partial charge in [0.2, 0.25) is 27.8 Å². The summed E-state index contributed by atoms with van der Waals surface area (Å²) in [5.74, 6) is -2.93. The number of halogens is 3. The van der Waals surface area contributed by atoms with Gasteiger partial charge in [0, 0.05) is 44.1 Å². The predicted octanol–water partition coefficient (Wildman–Crippen LogP) is 4.26. The molecule has 3 heterocycles. The van der Waals surface area contributed by atoms with Gasteiger partial charge in [-0.25, -0.2) is 13.4 Å². The molecule has 4 N–H and O–H groups in total. The molecule has 1 atom stereocenters. The second-order valence-electron chi connectivity index (χ2n) is 12.1. The van der Waals surface area contributed by atoms with E-state index in [1.54, 1.807) is 60.7 Å². The fourth-order valence-electron chi connectivity index (χ4n) is 5.66. The second-order valence-corrected chi connectivity index (χ2v) is 14.1. The van der Waals surface area contributed by atoms with Crippen molar-refractivity contribution in [1.82, 2.24) is 20.2 Å². The number of amides is 4. The Bertz CT molecular complexity index is 2200. The summed E-state index contributed by atoms with van der Waals surface area (Å²) < 4.78 is 66.3. The molecule has 0 bridgehead atoms. The zero-order chi connectivity index (χ0) is 37.4. The maximum atomic E-state index is 13.8. The Balaban J connectivity index is 1.10. The third-order valence-corrected chi connectivity index (χ3v) is 9.67. The number of alkyl halides is 3. The number of imide groups is 2. The third-order valence-electron chi connectivity index (χ3n) is 8.47. The van der Waals surface area contributed by atoms with Gasteiger partial charge in [-0.3, -0.25) is 33.7 Å². The smallest absolute Gasteiger partial charge is 0.381 e. The predicted molar refractivity (Wildman–Crippen MR) is 184 cm³/mol. The summed E-state index contributed by atoms with van der Waals surface area (Å²) in [7, 11) is -2.17. The van der Waals surface area contributed by atoms with E-state index in [0.717, 1.165) is 15.5 Å². The molecule has 4 aromatic rings. The lowest BCUT2D eigenvalue weighted by molar-refractivity contribution is -0.138. The zero-order valence-corrected chi connectivity index (χ0v) is 28.4. The van der Waals surface area contributed by atoms with Gasteiger partial charge >= 0.3 is 6.18 Å². The van der Waals surface area contributed by atoms with Crippen molar-refractivity contribution >= 4 is 62.5 Å². The molecule has 270 valence electrons. The fourth-order valence-corrected chi connectivity index (χ4v) is 6.15. The third kappa shape index (κ3) is 7.65. The van der Waals surface area contributed by atoms with Crippen molar-refractivity contribution in [2.24, 2.45) is 0 Å². The highest BCUT2D eigenvalue weighted by molar-refractivity contribution is 7.92. The summed E-state index contributed by atoms with van der Waals surface area (Å²) in [4.78, 5) is 58.7. The highest BCUT2D eigenvalue weighted by Gasteiger charge is 2.44. The molecule has 2 aliphatic rings. The molecule has 6 rings (SSSR count). The number of aromatic nitrogens is 2. The zero-order valence-electron chi connectivity index (χ0n) is 27.6. The number of rotatable bonds is 11. The van der Waals surface area contributed by atoms with Gasteiger partial charge in [-0.15, -0.1) is 0 Å². The Labute approximate surface area is 295 Å². The minimum absolute atomic E-state index is 0.0222. The molecule has 1 unspecified atom stereocenters. The number of sulfonamides is 1. The van der Waals surface area contributed by atoms with E-state index < -0.39 is 57.3 Å². The topological polar surface area (TPSA) is 183 Å². The molecule has 0 aliphatic carbocycles. The van der Waals surface area contributed by atoms with E-state index in [4.69, 9.17) is 0 Å². The maximum Gasteiger partial charge on any atom is 0.421 e. The van der Waals surface area contributed by atoms with E-state index in [0.29, 0.717) is 34.4 Å². The lowest BCUT2D eigenvalue weighted by Crippen LogP contribution is -2.54. The van der Waals surface area contributed by atoms with Crippen LogP contribution in [0.1, 0.15) is 50.2 Å². The minimum atomic E-state index is -4.75. The van der Waals surface area contributed by atoms with Crippen LogP contribution >= 0.6 is 0 Å². The summed E-state index contributed by atoms with van der Waals surface area (Å²) in [6.07, 6.45) is -2.96. The summed E-state index contributed by atoms with van der Waals surface area (Å²) >= 11 is 0. The van der Waals surface area contributed by atoms with Gasteiger partial charge in [-0.2, -0.15) is 18.2 Å². The summed E-state index contributed by atoms with van der Waals surface area (Å²) in [6, 6.07) is 16.8. The molecular formula is C34H31F3N8O6S. The first-order valence-electron chi connectivity index (χ1n) is 15.7. The summed E-state index contributed by atoms with van der Waals surface area (Å²) in [6.45, 7) is 0.183. The molecule has 52 heavy (non-hydrogen) atoms. The normalized spacial score (nSPS) is 16.0. The van der Waals surface area contributed by atoms with E-state index >= 15 is 0 Å². The molecular weight excluding hydrogens is 705 g/mol. The van der Waals surface area contributed by atoms with Crippen molar-refractivity contribution in [3.05, 3.63) is 101 Å². The number of fused-ring (bicyclic) bond motifs is 1. The molecule has 1 fully saturated rings. The van der Waals surface area contributed by atoms with Crippen LogP contribution in [-0.2, 0) is 38.9 Å². The number of hydrogen-bond acceptors (Lipinski definition) is 11. The van der Waals surface area contributed by atoms with E-state index in [1.807, 2.05) is 0 Å². The molecule has 4 amide bonds. The Morgan fingerprint density at radius 2 is 1.58 bits per heavy atom. The quantitative estimate of drug-likeness (QED) is 0.162. The average Bonchev–Trinajstić information content (AvgIpc) is 3.34. The number of benzene rings is 3. The number of anilines is 5. The highest BCUT2D eigenvalue weighted by atomic mass is 32.2. The van der Waals surface area contributed by atoms with Crippen molar-refractivity contribution in [3.63, 3.8) is 0 Å². The second kappa shape index (κ2) is 13.9. The summed E-state index contributed by atoms with van der Waals surface area (Å²) in [5, 5.41) is 10.9. The lowest BCUT2D eigenvalue weighted by Gasteiger charge is -2.27. The van der Waals surface area contributed by atoms with Crippen LogP contribution in [-0.4, -0.2) is 66.3 Å². The number of piperidine rings is 1. The van der Waals surface area contributed by atoms with Crippen LogP contribution in [0.25, 0.3) is 0 Å². The number of nitrogens with one attached hydrogen (secondary N) is 4.